The Hall–Kier alpha value is -4.30. The first kappa shape index (κ1) is 29.7. The van der Waals surface area contributed by atoms with E-state index in [1.807, 2.05) is 0 Å². The Morgan fingerprint density at radius 3 is 1.22 bits per heavy atom. The smallest absolute Gasteiger partial charge is 0.343 e. The zero-order valence-corrected chi connectivity index (χ0v) is 21.0. The molecule has 0 heterocycles. The second kappa shape index (κ2) is 16.3. The largest absolute Gasteiger partial charge is 0.465 e. The highest BCUT2D eigenvalue weighted by Crippen LogP contribution is 2.20. The molecule has 0 unspecified atom stereocenters. The number of hydrogen-bond acceptors (Lipinski definition) is 8. The number of aldehydes is 1. The van der Waals surface area contributed by atoms with Crippen LogP contribution in [-0.2, 0) is 9.47 Å². The summed E-state index contributed by atoms with van der Waals surface area (Å²) in [5.41, 5.74) is 1.34. The van der Waals surface area contributed by atoms with Crippen molar-refractivity contribution >= 4 is 24.2 Å². The molecule has 3 aromatic carbocycles. The van der Waals surface area contributed by atoms with Gasteiger partial charge >= 0.3 is 17.9 Å². The molecule has 8 heteroatoms. The summed E-state index contributed by atoms with van der Waals surface area (Å²) >= 11 is 0. The first-order valence-electron chi connectivity index (χ1n) is 11.0. The predicted molar refractivity (Wildman–Crippen MR) is 135 cm³/mol. The number of hydrogen-bond donors (Lipinski definition) is 0. The zero-order valence-electron chi connectivity index (χ0n) is 21.0. The third kappa shape index (κ3) is 9.90. The van der Waals surface area contributed by atoms with Crippen LogP contribution in [0.25, 0.3) is 0 Å². The van der Waals surface area contributed by atoms with E-state index in [4.69, 9.17) is 9.47 Å². The van der Waals surface area contributed by atoms with Crippen molar-refractivity contribution in [1.82, 2.24) is 0 Å². The third-order valence-electron chi connectivity index (χ3n) is 4.07. The van der Waals surface area contributed by atoms with Gasteiger partial charge in [-0.3, -0.25) is 4.79 Å². The number of benzene rings is 3. The molecule has 3 aromatic rings. The first-order chi connectivity index (χ1) is 17.3. The minimum atomic E-state index is -0.605. The Labute approximate surface area is 210 Å². The Balaban J connectivity index is 0.000000982. The number of carbonyl (C=O) groups excluding carboxylic acids is 4. The predicted octanol–water partition coefficient (Wildman–Crippen LogP) is 5.40. The molecular weight excluding hydrogens is 464 g/mol. The fourth-order valence-electron chi connectivity index (χ4n) is 2.47. The van der Waals surface area contributed by atoms with Crippen LogP contribution < -0.4 is 9.47 Å². The van der Waals surface area contributed by atoms with E-state index < -0.39 is 17.9 Å². The van der Waals surface area contributed by atoms with Gasteiger partial charge in [-0.2, -0.15) is 0 Å². The second-order valence-electron chi connectivity index (χ2n) is 7.17. The summed E-state index contributed by atoms with van der Waals surface area (Å²) in [7, 11) is 4.52. The quantitative estimate of drug-likeness (QED) is 0.255. The molecule has 0 bridgehead atoms. The summed E-state index contributed by atoms with van der Waals surface area (Å²) < 4.78 is 19.4. The fourth-order valence-corrected chi connectivity index (χ4v) is 2.47. The highest BCUT2D eigenvalue weighted by Gasteiger charge is 2.12. The Kier molecular flexibility index (Phi) is 13.5. The lowest BCUT2D eigenvalue weighted by atomic mass is 10.1. The van der Waals surface area contributed by atoms with Crippen molar-refractivity contribution in [2.45, 2.75) is 20.3 Å². The van der Waals surface area contributed by atoms with Crippen LogP contribution >= 0.6 is 0 Å². The van der Waals surface area contributed by atoms with E-state index in [0.29, 0.717) is 23.0 Å². The average molecular weight is 495 g/mol. The molecule has 0 fully saturated rings. The van der Waals surface area contributed by atoms with Gasteiger partial charge in [0.05, 0.1) is 23.8 Å². The number of ether oxygens (including phenoxy) is 4. The summed E-state index contributed by atoms with van der Waals surface area (Å²) in [6, 6.07) is 17.8. The van der Waals surface area contributed by atoms with Crippen molar-refractivity contribution in [3.63, 3.8) is 0 Å². The molecule has 0 saturated carbocycles. The van der Waals surface area contributed by atoms with E-state index in [-0.39, 0.29) is 17.1 Å². The van der Waals surface area contributed by atoms with Gasteiger partial charge in [0.2, 0.25) is 0 Å². The van der Waals surface area contributed by atoms with Gasteiger partial charge in [-0.05, 0) is 60.7 Å². The van der Waals surface area contributed by atoms with Crippen LogP contribution in [-0.4, -0.2) is 45.5 Å². The molecule has 8 nitrogen and oxygen atoms in total. The normalized spacial score (nSPS) is 9.36. The summed E-state index contributed by atoms with van der Waals surface area (Å²) in [6.45, 7) is 4.25. The summed E-state index contributed by atoms with van der Waals surface area (Å²) in [5, 5.41) is 0. The fraction of sp³-hybridized carbons (Fsp3) is 0.214. The minimum Gasteiger partial charge on any atom is -0.465 e. The summed E-state index contributed by atoms with van der Waals surface area (Å²) in [6.07, 6.45) is 1.93. The summed E-state index contributed by atoms with van der Waals surface area (Å²) in [4.78, 5) is 46.4. The third-order valence-corrected chi connectivity index (χ3v) is 4.07. The molecule has 0 atom stereocenters. The maximum absolute atomic E-state index is 12.2. The van der Waals surface area contributed by atoms with Crippen molar-refractivity contribution < 1.29 is 38.1 Å². The molecule has 0 saturated heterocycles. The lowest BCUT2D eigenvalue weighted by Gasteiger charge is -2.07. The number of methoxy groups -OCH3 is 2. The SMILES string of the molecule is CCC.COC.COC(=O)c1ccc(C(=O)Oc2ccc(OC(=O)c3ccc(C=O)cc3)cc2)cc1. The topological polar surface area (TPSA) is 105 Å². The molecule has 3 rings (SSSR count). The van der Waals surface area contributed by atoms with E-state index in [2.05, 4.69) is 23.3 Å². The van der Waals surface area contributed by atoms with Crippen LogP contribution in [0.3, 0.4) is 0 Å². The Morgan fingerprint density at radius 2 is 0.917 bits per heavy atom. The molecule has 0 amide bonds. The average Bonchev–Trinajstić information content (AvgIpc) is 2.90. The van der Waals surface area contributed by atoms with Gasteiger partial charge in [0, 0.05) is 19.8 Å². The zero-order chi connectivity index (χ0) is 26.9. The van der Waals surface area contributed by atoms with Gasteiger partial charge < -0.3 is 18.9 Å². The standard InChI is InChI=1S/C23H16O7.C3H8.C2H6O/c1-28-21(25)16-6-8-18(9-7-16)23(27)30-20-12-10-19(11-13-20)29-22(26)17-4-2-15(14-24)3-5-17;2*1-3-2/h2-14H,1H3;3H2,1-2H3;1-2H3. The number of carbonyl (C=O) groups is 4. The monoisotopic (exact) mass is 494 g/mol. The van der Waals surface area contributed by atoms with Crippen LogP contribution in [0, 0.1) is 0 Å². The molecule has 0 aliphatic heterocycles. The van der Waals surface area contributed by atoms with Crippen molar-refractivity contribution in [1.29, 1.82) is 0 Å². The molecule has 0 radical (unpaired) electrons. The molecule has 0 N–H and O–H groups in total. The Morgan fingerprint density at radius 1 is 0.611 bits per heavy atom. The van der Waals surface area contributed by atoms with Crippen molar-refractivity contribution in [3.05, 3.63) is 95.1 Å². The van der Waals surface area contributed by atoms with E-state index in [0.717, 1.165) is 0 Å². The van der Waals surface area contributed by atoms with Crippen molar-refractivity contribution in [2.75, 3.05) is 21.3 Å². The minimum absolute atomic E-state index is 0.257. The second-order valence-corrected chi connectivity index (χ2v) is 7.17. The molecule has 190 valence electrons. The maximum Gasteiger partial charge on any atom is 0.343 e. The highest BCUT2D eigenvalue weighted by molar-refractivity contribution is 5.94. The van der Waals surface area contributed by atoms with Gasteiger partial charge in [0.1, 0.15) is 17.8 Å². The van der Waals surface area contributed by atoms with Gasteiger partial charge in [-0.25, -0.2) is 14.4 Å². The van der Waals surface area contributed by atoms with Gasteiger partial charge in [-0.15, -0.1) is 0 Å². The van der Waals surface area contributed by atoms with Crippen LogP contribution in [0.2, 0.25) is 0 Å². The first-order valence-corrected chi connectivity index (χ1v) is 11.0. The van der Waals surface area contributed by atoms with Crippen molar-refractivity contribution in [2.24, 2.45) is 0 Å². The van der Waals surface area contributed by atoms with E-state index >= 15 is 0 Å². The summed E-state index contributed by atoms with van der Waals surface area (Å²) in [5.74, 6) is -1.16. The van der Waals surface area contributed by atoms with E-state index in [1.54, 1.807) is 14.2 Å². The van der Waals surface area contributed by atoms with E-state index in [9.17, 15) is 19.2 Å². The number of esters is 3. The van der Waals surface area contributed by atoms with Crippen LogP contribution in [0.1, 0.15) is 61.7 Å². The van der Waals surface area contributed by atoms with Gasteiger partial charge in [0.15, 0.2) is 0 Å². The van der Waals surface area contributed by atoms with Crippen molar-refractivity contribution in [3.8, 4) is 11.5 Å². The molecule has 0 spiro atoms. The lowest BCUT2D eigenvalue weighted by Crippen LogP contribution is -2.10. The van der Waals surface area contributed by atoms with Crippen LogP contribution in [0.4, 0.5) is 0 Å². The lowest BCUT2D eigenvalue weighted by molar-refractivity contribution is 0.0598. The van der Waals surface area contributed by atoms with E-state index in [1.165, 1.54) is 86.3 Å². The number of rotatable bonds is 6. The molecule has 0 aromatic heterocycles. The highest BCUT2D eigenvalue weighted by atomic mass is 16.5. The van der Waals surface area contributed by atoms with Crippen LogP contribution in [0.15, 0.2) is 72.8 Å². The van der Waals surface area contributed by atoms with Crippen LogP contribution in [0.5, 0.6) is 11.5 Å². The maximum atomic E-state index is 12.2. The molecule has 0 aliphatic rings. The van der Waals surface area contributed by atoms with Gasteiger partial charge in [-0.1, -0.05) is 32.4 Å². The Bertz CT molecular complexity index is 1100. The van der Waals surface area contributed by atoms with Gasteiger partial charge in [0.25, 0.3) is 0 Å². The molecular formula is C28H30O8. The molecule has 36 heavy (non-hydrogen) atoms. The molecule has 0 aliphatic carbocycles.